The summed E-state index contributed by atoms with van der Waals surface area (Å²) in [5, 5.41) is 0. The van der Waals surface area contributed by atoms with Gasteiger partial charge in [-0.15, -0.1) is 0 Å². The average molecular weight is 154 g/mol. The lowest BCUT2D eigenvalue weighted by Crippen LogP contribution is -2.32. The van der Waals surface area contributed by atoms with Crippen molar-refractivity contribution in [3.05, 3.63) is 0 Å². The zero-order chi connectivity index (χ0) is 10.1. The highest BCUT2D eigenvalue weighted by Crippen LogP contribution is 2.63. The topological polar surface area (TPSA) is 17.1 Å². The number of carbonyl (C=O) groups excluding carboxylic acids is 1. The first kappa shape index (κ1) is 5.34. The Kier molecular flexibility index (Phi) is 0.826. The van der Waals surface area contributed by atoms with Crippen molar-refractivity contribution in [2.24, 2.45) is 16.7 Å². The van der Waals surface area contributed by atoms with Crippen LogP contribution in [0.15, 0.2) is 0 Å². The molecular formula is C10H16O. The molecule has 0 aromatic rings. The molecule has 2 atom stereocenters. The highest BCUT2D eigenvalue weighted by molar-refractivity contribution is 5.89. The van der Waals surface area contributed by atoms with Gasteiger partial charge in [0, 0.05) is 14.5 Å². The van der Waals surface area contributed by atoms with Crippen molar-refractivity contribution in [3.8, 4) is 0 Å². The molecule has 0 amide bonds. The Morgan fingerprint density at radius 3 is 2.45 bits per heavy atom. The van der Waals surface area contributed by atoms with Crippen LogP contribution in [0.2, 0.25) is 0 Å². The number of rotatable bonds is 0. The molecule has 2 fully saturated rings. The molecule has 2 bridgehead atoms. The fourth-order valence-corrected chi connectivity index (χ4v) is 2.48. The summed E-state index contributed by atoms with van der Waals surface area (Å²) in [5.41, 5.74) is -0.575. The second kappa shape index (κ2) is 1.70. The first-order chi connectivity index (χ1) is 5.74. The van der Waals surface area contributed by atoms with E-state index in [9.17, 15) is 4.79 Å². The molecule has 0 radical (unpaired) electrons. The maximum absolute atomic E-state index is 11.9. The van der Waals surface area contributed by atoms with Crippen molar-refractivity contribution in [1.82, 2.24) is 0 Å². The summed E-state index contributed by atoms with van der Waals surface area (Å²) in [6.07, 6.45) is 0.155. The lowest BCUT2D eigenvalue weighted by Gasteiger charge is -2.32. The first-order valence-electron chi connectivity index (χ1n) is 5.29. The third kappa shape index (κ3) is 0.605. The van der Waals surface area contributed by atoms with Crippen LogP contribution < -0.4 is 0 Å². The predicted molar refractivity (Wildman–Crippen MR) is 44.2 cm³/mol. The van der Waals surface area contributed by atoms with Crippen LogP contribution in [0.3, 0.4) is 0 Å². The Morgan fingerprint density at radius 1 is 1.55 bits per heavy atom. The summed E-state index contributed by atoms with van der Waals surface area (Å²) in [6.45, 7) is 6.00. The minimum atomic E-state index is -1.57. The molecular weight excluding hydrogens is 136 g/mol. The van der Waals surface area contributed by atoms with Gasteiger partial charge in [0.05, 0.1) is 0 Å². The first-order valence-corrected chi connectivity index (χ1v) is 4.29. The van der Waals surface area contributed by atoms with Gasteiger partial charge in [-0.1, -0.05) is 20.8 Å². The monoisotopic (exact) mass is 154 g/mol. The normalized spacial score (nSPS) is 54.1. The van der Waals surface area contributed by atoms with Crippen LogP contribution in [0.5, 0.6) is 0 Å². The Labute approximate surface area is 71.0 Å². The van der Waals surface area contributed by atoms with Gasteiger partial charge in [-0.2, -0.15) is 0 Å². The van der Waals surface area contributed by atoms with Gasteiger partial charge in [-0.05, 0) is 24.2 Å². The SMILES string of the molecule is [2H]C1([2H])C(=O)[C@@]2(C)CC[C@H]1C2(C)C. The summed E-state index contributed by atoms with van der Waals surface area (Å²) < 4.78 is 15.6. The number of hydrogen-bond donors (Lipinski definition) is 0. The maximum Gasteiger partial charge on any atom is 0.139 e. The largest absolute Gasteiger partial charge is 0.299 e. The van der Waals surface area contributed by atoms with E-state index >= 15 is 0 Å². The van der Waals surface area contributed by atoms with E-state index in [0.29, 0.717) is 0 Å². The smallest absolute Gasteiger partial charge is 0.139 e. The molecule has 2 aliphatic rings. The maximum atomic E-state index is 11.9. The standard InChI is InChI=1S/C10H16O/c1-9(2)7-4-5-10(9,3)8(11)6-7/h7H,4-6H2,1-3H3/t7-,10-/m1/s1/i6D2. The molecule has 0 unspecified atom stereocenters. The third-order valence-electron chi connectivity index (χ3n) is 4.03. The van der Waals surface area contributed by atoms with Crippen LogP contribution in [0.4, 0.5) is 0 Å². The van der Waals surface area contributed by atoms with Crippen molar-refractivity contribution < 1.29 is 7.54 Å². The van der Waals surface area contributed by atoms with E-state index in [4.69, 9.17) is 2.74 Å². The van der Waals surface area contributed by atoms with E-state index in [1.54, 1.807) is 0 Å². The highest BCUT2D eigenvalue weighted by Gasteiger charge is 2.61. The van der Waals surface area contributed by atoms with Gasteiger partial charge in [0.25, 0.3) is 0 Å². The molecule has 0 saturated heterocycles. The molecule has 0 N–H and O–H groups in total. The van der Waals surface area contributed by atoms with Gasteiger partial charge in [0.15, 0.2) is 0 Å². The van der Waals surface area contributed by atoms with Crippen LogP contribution in [0, 0.1) is 16.7 Å². The fourth-order valence-electron chi connectivity index (χ4n) is 2.48. The van der Waals surface area contributed by atoms with Gasteiger partial charge in [0.2, 0.25) is 0 Å². The number of fused-ring (bicyclic) bond motifs is 2. The molecule has 62 valence electrons. The number of carbonyl (C=O) groups is 1. The lowest BCUT2D eigenvalue weighted by molar-refractivity contribution is -0.128. The van der Waals surface area contributed by atoms with Crippen LogP contribution in [-0.4, -0.2) is 5.78 Å². The van der Waals surface area contributed by atoms with Crippen LogP contribution >= 0.6 is 0 Å². The summed E-state index contributed by atoms with van der Waals surface area (Å²) in [4.78, 5) is 11.9. The third-order valence-corrected chi connectivity index (χ3v) is 4.03. The van der Waals surface area contributed by atoms with Crippen LogP contribution in [0.1, 0.15) is 42.7 Å². The minimum absolute atomic E-state index is 0.0718. The van der Waals surface area contributed by atoms with Gasteiger partial charge < -0.3 is 0 Å². The van der Waals surface area contributed by atoms with Gasteiger partial charge >= 0.3 is 0 Å². The van der Waals surface area contributed by atoms with E-state index in [-0.39, 0.29) is 17.1 Å². The van der Waals surface area contributed by atoms with Crippen molar-refractivity contribution in [3.63, 3.8) is 0 Å². The van der Waals surface area contributed by atoms with E-state index in [1.165, 1.54) is 0 Å². The van der Waals surface area contributed by atoms with Gasteiger partial charge in [-0.3, -0.25) is 4.79 Å². The molecule has 2 saturated carbocycles. The molecule has 0 spiro atoms. The molecule has 11 heavy (non-hydrogen) atoms. The van der Waals surface area contributed by atoms with Gasteiger partial charge in [0.1, 0.15) is 5.78 Å². The Balaban J connectivity index is 2.58. The number of ketones is 1. The molecule has 0 aliphatic heterocycles. The Hall–Kier alpha value is -0.330. The van der Waals surface area contributed by atoms with Crippen LogP contribution in [-0.2, 0) is 4.79 Å². The zero-order valence-electron chi connectivity index (χ0n) is 9.40. The molecule has 1 nitrogen and oxygen atoms in total. The fraction of sp³-hybridized carbons (Fsp3) is 0.900. The second-order valence-corrected chi connectivity index (χ2v) is 4.62. The zero-order valence-corrected chi connectivity index (χ0v) is 7.40. The summed E-state index contributed by atoms with van der Waals surface area (Å²) in [7, 11) is 0. The van der Waals surface area contributed by atoms with Crippen LogP contribution in [0.25, 0.3) is 0 Å². The van der Waals surface area contributed by atoms with Crippen molar-refractivity contribution >= 4 is 5.78 Å². The van der Waals surface area contributed by atoms with E-state index in [2.05, 4.69) is 0 Å². The number of hydrogen-bond acceptors (Lipinski definition) is 1. The molecule has 0 aromatic carbocycles. The molecule has 0 heterocycles. The Morgan fingerprint density at radius 2 is 2.18 bits per heavy atom. The summed E-state index contributed by atoms with van der Waals surface area (Å²) in [5.74, 6) is -0.237. The number of Topliss-reactive ketones (excluding diaryl/α,β-unsaturated/α-hetero) is 1. The lowest BCUT2D eigenvalue weighted by atomic mass is 9.70. The second-order valence-electron chi connectivity index (χ2n) is 4.62. The van der Waals surface area contributed by atoms with Gasteiger partial charge in [-0.25, -0.2) is 0 Å². The van der Waals surface area contributed by atoms with Crippen molar-refractivity contribution in [1.29, 1.82) is 0 Å². The predicted octanol–water partition coefficient (Wildman–Crippen LogP) is 2.40. The molecule has 2 rings (SSSR count). The summed E-state index contributed by atoms with van der Waals surface area (Å²) in [6, 6.07) is 0. The minimum Gasteiger partial charge on any atom is -0.299 e. The van der Waals surface area contributed by atoms with Crippen molar-refractivity contribution in [2.75, 3.05) is 0 Å². The summed E-state index contributed by atoms with van der Waals surface area (Å²) >= 11 is 0. The van der Waals surface area contributed by atoms with E-state index < -0.39 is 11.8 Å². The van der Waals surface area contributed by atoms with E-state index in [1.807, 2.05) is 20.8 Å². The molecule has 2 aliphatic carbocycles. The Bertz CT molecular complexity index is 283. The average Bonchev–Trinajstić information content (AvgIpc) is 2.26. The molecule has 1 heteroatoms. The molecule has 0 aromatic heterocycles. The highest BCUT2D eigenvalue weighted by atomic mass is 16.1. The quantitative estimate of drug-likeness (QED) is 0.523. The van der Waals surface area contributed by atoms with E-state index in [0.717, 1.165) is 12.8 Å². The van der Waals surface area contributed by atoms with Crippen molar-refractivity contribution in [2.45, 2.75) is 40.0 Å².